The number of rotatable bonds is 4. The Morgan fingerprint density at radius 2 is 2.03 bits per heavy atom. The van der Waals surface area contributed by atoms with Gasteiger partial charge in [-0.15, -0.1) is 0 Å². The average molecular weight is 440 g/mol. The van der Waals surface area contributed by atoms with Crippen molar-refractivity contribution in [3.63, 3.8) is 0 Å². The van der Waals surface area contributed by atoms with E-state index < -0.39 is 29.6 Å². The van der Waals surface area contributed by atoms with Crippen LogP contribution in [0.25, 0.3) is 22.4 Å². The normalized spacial score (nSPS) is 19.7. The summed E-state index contributed by atoms with van der Waals surface area (Å²) in [5.41, 5.74) is -2.18. The first kappa shape index (κ1) is 21.4. The van der Waals surface area contributed by atoms with Crippen molar-refractivity contribution in [1.29, 1.82) is 0 Å². The molecule has 0 bridgehead atoms. The van der Waals surface area contributed by atoms with Crippen LogP contribution < -0.4 is 10.2 Å². The predicted molar refractivity (Wildman–Crippen MR) is 109 cm³/mol. The lowest BCUT2D eigenvalue weighted by Gasteiger charge is -2.45. The summed E-state index contributed by atoms with van der Waals surface area (Å²) in [7, 11) is 0. The molecule has 3 N–H and O–H groups in total. The molecule has 0 aliphatic carbocycles. The molecule has 1 saturated heterocycles. The number of nitrogens with one attached hydrogen (secondary N) is 2. The second-order valence-electron chi connectivity index (χ2n) is 7.90. The Kier molecular flexibility index (Phi) is 5.34. The van der Waals surface area contributed by atoms with Crippen molar-refractivity contribution in [3.8, 4) is 11.4 Å². The van der Waals surface area contributed by atoms with Gasteiger partial charge in [-0.3, -0.25) is 5.10 Å². The largest absolute Gasteiger partial charge is 0.419 e. The highest BCUT2D eigenvalue weighted by Crippen LogP contribution is 2.40. The van der Waals surface area contributed by atoms with E-state index in [4.69, 9.17) is 0 Å². The number of hydrogen-bond acceptors (Lipinski definition) is 6. The molecule has 0 radical (unpaired) electrons. The first-order valence-corrected chi connectivity index (χ1v) is 9.86. The van der Waals surface area contributed by atoms with Gasteiger partial charge in [0.05, 0.1) is 11.7 Å². The van der Waals surface area contributed by atoms with Crippen LogP contribution in [-0.4, -0.2) is 62.7 Å². The van der Waals surface area contributed by atoms with Crippen LogP contribution in [-0.2, 0) is 0 Å². The van der Waals surface area contributed by atoms with Crippen molar-refractivity contribution in [3.05, 3.63) is 36.3 Å². The van der Waals surface area contributed by atoms with E-state index in [0.29, 0.717) is 29.1 Å². The third kappa shape index (κ3) is 3.61. The zero-order valence-electron chi connectivity index (χ0n) is 16.9. The molecule has 0 spiro atoms. The molecular weight excluding hydrogens is 416 g/mol. The number of nitrogens with zero attached hydrogens (tertiary/aromatic N) is 4. The monoisotopic (exact) mass is 440 g/mol. The molecule has 4 heterocycles. The average Bonchev–Trinajstić information content (AvgIpc) is 3.16. The Hall–Kier alpha value is -2.79. The second-order valence-corrected chi connectivity index (χ2v) is 7.90. The van der Waals surface area contributed by atoms with E-state index >= 15 is 0 Å². The number of piperazine rings is 1. The van der Waals surface area contributed by atoms with Crippen molar-refractivity contribution in [1.82, 2.24) is 25.5 Å². The van der Waals surface area contributed by atoms with Gasteiger partial charge in [0.1, 0.15) is 11.5 Å². The lowest BCUT2D eigenvalue weighted by atomic mass is 9.81. The number of fused-ring (bicyclic) bond motifs is 1. The van der Waals surface area contributed by atoms with Crippen molar-refractivity contribution < 1.29 is 24.1 Å². The van der Waals surface area contributed by atoms with Crippen molar-refractivity contribution in [2.75, 3.05) is 24.5 Å². The molecule has 2 atom stereocenters. The maximum absolute atomic E-state index is 14.6. The molecule has 1 aliphatic heterocycles. The first-order chi connectivity index (χ1) is 14.6. The number of alkyl halides is 3. The van der Waals surface area contributed by atoms with E-state index in [1.807, 2.05) is 0 Å². The van der Waals surface area contributed by atoms with Gasteiger partial charge in [0.25, 0.3) is 0 Å². The minimum absolute atomic E-state index is 0. The van der Waals surface area contributed by atoms with Crippen LogP contribution >= 0.6 is 0 Å². The Morgan fingerprint density at radius 3 is 2.74 bits per heavy atom. The Balaban J connectivity index is 0.00000289. The third-order valence-corrected chi connectivity index (χ3v) is 5.76. The lowest BCUT2D eigenvalue weighted by Crippen LogP contribution is -2.69. The van der Waals surface area contributed by atoms with Crippen LogP contribution in [0, 0.1) is 11.7 Å². The van der Waals surface area contributed by atoms with Gasteiger partial charge < -0.3 is 15.3 Å². The molecule has 31 heavy (non-hydrogen) atoms. The maximum Gasteiger partial charge on any atom is 0.419 e. The summed E-state index contributed by atoms with van der Waals surface area (Å²) in [6.45, 7) is 3.09. The van der Waals surface area contributed by atoms with Crippen molar-refractivity contribution >= 4 is 16.9 Å². The molecule has 0 saturated carbocycles. The van der Waals surface area contributed by atoms with Crippen LogP contribution in [0.3, 0.4) is 0 Å². The summed E-state index contributed by atoms with van der Waals surface area (Å²) in [5, 5.41) is 20.7. The first-order valence-electron chi connectivity index (χ1n) is 9.86. The molecule has 1 aliphatic rings. The van der Waals surface area contributed by atoms with Gasteiger partial charge in [0.15, 0.2) is 17.1 Å². The fraction of sp³-hybridized carbons (Fsp3) is 0.450. The van der Waals surface area contributed by atoms with Gasteiger partial charge in [-0.05, 0) is 30.2 Å². The summed E-state index contributed by atoms with van der Waals surface area (Å²) in [5.74, 6) is -1.35. The molecule has 2 unspecified atom stereocenters. The second kappa shape index (κ2) is 7.72. The highest BCUT2D eigenvalue weighted by molar-refractivity contribution is 5.89. The highest BCUT2D eigenvalue weighted by atomic mass is 19.4. The SMILES string of the molecule is CC(C)C(O)(C1CN(c2ccc(F)c(-c3[nH]nc4ncccc34)n2)CCN1)C(F)(F)F.[HH]. The van der Waals surface area contributed by atoms with E-state index in [1.165, 1.54) is 26.0 Å². The van der Waals surface area contributed by atoms with Gasteiger partial charge in [-0.1, -0.05) is 13.8 Å². The third-order valence-electron chi connectivity index (χ3n) is 5.76. The quantitative estimate of drug-likeness (QED) is 0.540. The fourth-order valence-corrected chi connectivity index (χ4v) is 3.99. The number of aromatic amines is 1. The number of aromatic nitrogens is 4. The van der Waals surface area contributed by atoms with Crippen LogP contribution in [0.2, 0.25) is 0 Å². The topological polar surface area (TPSA) is 90.0 Å². The maximum atomic E-state index is 14.6. The van der Waals surface area contributed by atoms with Gasteiger partial charge in [0, 0.05) is 32.6 Å². The van der Waals surface area contributed by atoms with E-state index in [1.54, 1.807) is 23.2 Å². The van der Waals surface area contributed by atoms with Crippen LogP contribution in [0.4, 0.5) is 23.4 Å². The Morgan fingerprint density at radius 1 is 1.26 bits per heavy atom. The summed E-state index contributed by atoms with van der Waals surface area (Å²) in [6, 6.07) is 4.78. The van der Waals surface area contributed by atoms with E-state index in [-0.39, 0.29) is 20.2 Å². The van der Waals surface area contributed by atoms with Crippen molar-refractivity contribution in [2.24, 2.45) is 5.92 Å². The molecule has 3 aromatic rings. The number of aliphatic hydroxyl groups is 1. The molecule has 0 amide bonds. The molecule has 7 nitrogen and oxygen atoms in total. The highest BCUT2D eigenvalue weighted by Gasteiger charge is 2.60. The number of hydrogen-bond donors (Lipinski definition) is 3. The molecule has 168 valence electrons. The van der Waals surface area contributed by atoms with Gasteiger partial charge in [-0.25, -0.2) is 14.4 Å². The number of pyridine rings is 2. The van der Waals surface area contributed by atoms with E-state index in [2.05, 4.69) is 25.5 Å². The van der Waals surface area contributed by atoms with Crippen LogP contribution in [0.5, 0.6) is 0 Å². The zero-order valence-corrected chi connectivity index (χ0v) is 16.9. The Labute approximate surface area is 177 Å². The molecule has 1 fully saturated rings. The molecule has 0 aromatic carbocycles. The smallest absolute Gasteiger partial charge is 0.379 e. The summed E-state index contributed by atoms with van der Waals surface area (Å²) >= 11 is 0. The molecular formula is C20H24F4N6O. The molecule has 11 heteroatoms. The van der Waals surface area contributed by atoms with Gasteiger partial charge in [-0.2, -0.15) is 18.3 Å². The molecule has 4 rings (SSSR count). The minimum Gasteiger partial charge on any atom is -0.379 e. The van der Waals surface area contributed by atoms with Crippen LogP contribution in [0.1, 0.15) is 15.3 Å². The molecule has 3 aromatic heterocycles. The summed E-state index contributed by atoms with van der Waals surface area (Å²) in [4.78, 5) is 10.1. The van der Waals surface area contributed by atoms with E-state index in [9.17, 15) is 22.7 Å². The van der Waals surface area contributed by atoms with Gasteiger partial charge in [0.2, 0.25) is 0 Å². The number of H-pyrrole nitrogens is 1. The predicted octanol–water partition coefficient (Wildman–Crippen LogP) is 3.13. The van der Waals surface area contributed by atoms with Crippen molar-refractivity contribution in [2.45, 2.75) is 31.7 Å². The summed E-state index contributed by atoms with van der Waals surface area (Å²) in [6.07, 6.45) is -3.25. The number of halogens is 4. The summed E-state index contributed by atoms with van der Waals surface area (Å²) < 4.78 is 55.8. The van der Waals surface area contributed by atoms with Gasteiger partial charge >= 0.3 is 6.18 Å². The van der Waals surface area contributed by atoms with Crippen LogP contribution in [0.15, 0.2) is 30.5 Å². The lowest BCUT2D eigenvalue weighted by molar-refractivity contribution is -0.286. The minimum atomic E-state index is -4.81. The fourth-order valence-electron chi connectivity index (χ4n) is 3.99. The Bertz CT molecular complexity index is 1090. The van der Waals surface area contributed by atoms with E-state index in [0.717, 1.165) is 0 Å². The zero-order chi connectivity index (χ0) is 22.4. The number of anilines is 1. The standard InChI is InChI=1S/C20H22F4N6O.H2/c1-11(2)19(31,20(22,23)24)14-10-30(9-8-25-14)15-6-5-13(21)17(27-15)16-12-4-3-7-26-18(12)29-28-16;/h3-7,11,14,25,31H,8-10H2,1-2H3,(H,26,28,29);1H.